The molecule has 0 spiro atoms. The van der Waals surface area contributed by atoms with E-state index in [2.05, 4.69) is 13.2 Å². The van der Waals surface area contributed by atoms with E-state index >= 15 is 0 Å². The summed E-state index contributed by atoms with van der Waals surface area (Å²) in [6.45, 7) is 9.11. The average molecular weight is 224 g/mol. The summed E-state index contributed by atoms with van der Waals surface area (Å²) in [4.78, 5) is 11.5. The lowest BCUT2D eigenvalue weighted by atomic mass is 9.95. The van der Waals surface area contributed by atoms with Crippen LogP contribution in [0.4, 0.5) is 0 Å². The number of carbonyl (C=O) groups excluding carboxylic acids is 1. The van der Waals surface area contributed by atoms with E-state index in [0.29, 0.717) is 12.0 Å². The number of ether oxygens (including phenoxy) is 2. The van der Waals surface area contributed by atoms with Crippen LogP contribution in [0.15, 0.2) is 25.0 Å². The molecule has 0 aromatic rings. The van der Waals surface area contributed by atoms with Crippen LogP contribution in [0.2, 0.25) is 0 Å². The Hall–Kier alpha value is -1.25. The van der Waals surface area contributed by atoms with E-state index in [1.165, 1.54) is 6.26 Å². The normalized spacial score (nSPS) is 24.6. The van der Waals surface area contributed by atoms with Gasteiger partial charge in [-0.3, -0.25) is 0 Å². The lowest BCUT2D eigenvalue weighted by Crippen LogP contribution is -2.27. The van der Waals surface area contributed by atoms with Crippen molar-refractivity contribution in [2.75, 3.05) is 0 Å². The molecule has 0 aromatic heterocycles. The molecule has 1 rings (SSSR count). The van der Waals surface area contributed by atoms with Gasteiger partial charge in [0.1, 0.15) is 6.10 Å². The van der Waals surface area contributed by atoms with Gasteiger partial charge in [0.05, 0.1) is 12.4 Å². The van der Waals surface area contributed by atoms with Crippen molar-refractivity contribution in [2.24, 2.45) is 0 Å². The van der Waals surface area contributed by atoms with E-state index in [9.17, 15) is 4.79 Å². The summed E-state index contributed by atoms with van der Waals surface area (Å²) in [6, 6.07) is 0. The molecule has 0 bridgehead atoms. The smallest absolute Gasteiger partial charge is 0.333 e. The van der Waals surface area contributed by atoms with E-state index in [0.717, 1.165) is 25.7 Å². The van der Waals surface area contributed by atoms with Gasteiger partial charge in [0.15, 0.2) is 0 Å². The Kier molecular flexibility index (Phi) is 5.09. The van der Waals surface area contributed by atoms with Gasteiger partial charge in [-0.15, -0.1) is 0 Å². The summed E-state index contributed by atoms with van der Waals surface area (Å²) in [6.07, 6.45) is 5.96. The van der Waals surface area contributed by atoms with Crippen molar-refractivity contribution < 1.29 is 14.3 Å². The van der Waals surface area contributed by atoms with Gasteiger partial charge in [-0.1, -0.05) is 20.1 Å². The van der Waals surface area contributed by atoms with Crippen LogP contribution in [-0.4, -0.2) is 18.2 Å². The number of rotatable bonds is 5. The minimum atomic E-state index is -0.254. The molecule has 1 saturated carbocycles. The van der Waals surface area contributed by atoms with Crippen molar-refractivity contribution in [2.45, 2.75) is 51.2 Å². The maximum absolute atomic E-state index is 11.5. The Morgan fingerprint density at radius 3 is 2.38 bits per heavy atom. The maximum atomic E-state index is 11.5. The highest BCUT2D eigenvalue weighted by Crippen LogP contribution is 2.24. The molecule has 0 atom stereocenters. The minimum Gasteiger partial charge on any atom is -0.499 e. The summed E-state index contributed by atoms with van der Waals surface area (Å²) in [7, 11) is 0. The van der Waals surface area contributed by atoms with Crippen LogP contribution in [0, 0.1) is 0 Å². The molecule has 3 nitrogen and oxygen atoms in total. The fourth-order valence-electron chi connectivity index (χ4n) is 1.80. The zero-order valence-corrected chi connectivity index (χ0v) is 9.91. The molecule has 0 aliphatic heterocycles. The van der Waals surface area contributed by atoms with Crippen molar-refractivity contribution >= 4 is 5.97 Å². The van der Waals surface area contributed by atoms with Gasteiger partial charge >= 0.3 is 5.97 Å². The Labute approximate surface area is 97.1 Å². The second kappa shape index (κ2) is 6.36. The molecule has 0 N–H and O–H groups in total. The van der Waals surface area contributed by atoms with E-state index in [1.807, 2.05) is 6.92 Å². The zero-order chi connectivity index (χ0) is 12.0. The third kappa shape index (κ3) is 3.72. The van der Waals surface area contributed by atoms with Crippen molar-refractivity contribution in [1.82, 2.24) is 0 Å². The predicted molar refractivity (Wildman–Crippen MR) is 62.8 cm³/mol. The first kappa shape index (κ1) is 12.8. The Bertz CT molecular complexity index is 262. The standard InChI is InChI=1S/C13H20O3/c1-4-10(3)13(14)16-12-8-6-11(7-9-12)15-5-2/h5,11-12H,2-4,6-9H2,1H3. The topological polar surface area (TPSA) is 35.5 Å². The summed E-state index contributed by atoms with van der Waals surface area (Å²) in [5.74, 6) is -0.254. The largest absolute Gasteiger partial charge is 0.499 e. The first-order valence-electron chi connectivity index (χ1n) is 5.82. The molecule has 0 saturated heterocycles. The molecule has 0 heterocycles. The van der Waals surface area contributed by atoms with Crippen LogP contribution in [0.5, 0.6) is 0 Å². The van der Waals surface area contributed by atoms with E-state index in [1.54, 1.807) is 0 Å². The van der Waals surface area contributed by atoms with Crippen molar-refractivity contribution in [3.8, 4) is 0 Å². The molecule has 90 valence electrons. The molecular formula is C13H20O3. The first-order valence-corrected chi connectivity index (χ1v) is 5.82. The third-order valence-corrected chi connectivity index (χ3v) is 2.90. The van der Waals surface area contributed by atoms with Gasteiger partial charge in [0, 0.05) is 5.57 Å². The SMILES string of the molecule is C=COC1CCC(OC(=O)C(=C)CC)CC1. The van der Waals surface area contributed by atoms with Crippen LogP contribution in [0.1, 0.15) is 39.0 Å². The zero-order valence-electron chi connectivity index (χ0n) is 9.91. The summed E-state index contributed by atoms with van der Waals surface area (Å²) in [5.41, 5.74) is 0.546. The molecule has 16 heavy (non-hydrogen) atoms. The van der Waals surface area contributed by atoms with E-state index in [4.69, 9.17) is 9.47 Å². The molecule has 0 amide bonds. The molecular weight excluding hydrogens is 204 g/mol. The van der Waals surface area contributed by atoms with Gasteiger partial charge in [-0.05, 0) is 32.1 Å². The minimum absolute atomic E-state index is 0.0282. The molecule has 0 aromatic carbocycles. The van der Waals surface area contributed by atoms with Crippen molar-refractivity contribution in [3.05, 3.63) is 25.0 Å². The van der Waals surface area contributed by atoms with Crippen LogP contribution in [0.25, 0.3) is 0 Å². The third-order valence-electron chi connectivity index (χ3n) is 2.90. The molecule has 1 aliphatic rings. The van der Waals surface area contributed by atoms with Crippen molar-refractivity contribution in [3.63, 3.8) is 0 Å². The van der Waals surface area contributed by atoms with E-state index in [-0.39, 0.29) is 18.2 Å². The molecule has 1 fully saturated rings. The van der Waals surface area contributed by atoms with Gasteiger partial charge in [0.2, 0.25) is 0 Å². The Morgan fingerprint density at radius 2 is 1.88 bits per heavy atom. The number of esters is 1. The first-order chi connectivity index (χ1) is 7.67. The molecule has 0 unspecified atom stereocenters. The summed E-state index contributed by atoms with van der Waals surface area (Å²) < 4.78 is 10.7. The van der Waals surface area contributed by atoms with Gasteiger partial charge in [-0.2, -0.15) is 0 Å². The number of carbonyl (C=O) groups is 1. The Balaban J connectivity index is 2.29. The van der Waals surface area contributed by atoms with Gasteiger partial charge < -0.3 is 9.47 Å². The highest BCUT2D eigenvalue weighted by atomic mass is 16.5. The van der Waals surface area contributed by atoms with Crippen LogP contribution in [0.3, 0.4) is 0 Å². The molecule has 1 aliphatic carbocycles. The quantitative estimate of drug-likeness (QED) is 0.409. The number of hydrogen-bond acceptors (Lipinski definition) is 3. The maximum Gasteiger partial charge on any atom is 0.333 e. The Morgan fingerprint density at radius 1 is 1.31 bits per heavy atom. The second-order valence-corrected chi connectivity index (χ2v) is 4.06. The summed E-state index contributed by atoms with van der Waals surface area (Å²) in [5, 5.41) is 0. The molecule has 0 radical (unpaired) electrons. The lowest BCUT2D eigenvalue weighted by Gasteiger charge is -2.27. The monoisotopic (exact) mass is 224 g/mol. The fraction of sp³-hybridized carbons (Fsp3) is 0.615. The van der Waals surface area contributed by atoms with Crippen LogP contribution in [-0.2, 0) is 14.3 Å². The summed E-state index contributed by atoms with van der Waals surface area (Å²) >= 11 is 0. The van der Waals surface area contributed by atoms with Crippen LogP contribution < -0.4 is 0 Å². The van der Waals surface area contributed by atoms with Gasteiger partial charge in [0.25, 0.3) is 0 Å². The second-order valence-electron chi connectivity index (χ2n) is 4.06. The molecule has 3 heteroatoms. The number of hydrogen-bond donors (Lipinski definition) is 0. The average Bonchev–Trinajstić information content (AvgIpc) is 2.31. The van der Waals surface area contributed by atoms with E-state index < -0.39 is 0 Å². The fourth-order valence-corrected chi connectivity index (χ4v) is 1.80. The lowest BCUT2D eigenvalue weighted by molar-refractivity contribution is -0.146. The highest BCUT2D eigenvalue weighted by molar-refractivity contribution is 5.87. The van der Waals surface area contributed by atoms with Crippen LogP contribution >= 0.6 is 0 Å². The van der Waals surface area contributed by atoms with Crippen molar-refractivity contribution in [1.29, 1.82) is 0 Å². The predicted octanol–water partition coefficient (Wildman–Crippen LogP) is 2.97. The van der Waals surface area contributed by atoms with Gasteiger partial charge in [-0.25, -0.2) is 4.79 Å². The highest BCUT2D eigenvalue weighted by Gasteiger charge is 2.24.